The molecule has 3 aromatic carbocycles. The first-order valence-electron chi connectivity index (χ1n) is 9.08. The summed E-state index contributed by atoms with van der Waals surface area (Å²) in [4.78, 5) is 23.5. The predicted octanol–water partition coefficient (Wildman–Crippen LogP) is 5.12. The van der Waals surface area contributed by atoms with E-state index in [1.807, 2.05) is 54.6 Å². The molecule has 1 amide bonds. The van der Waals surface area contributed by atoms with E-state index in [9.17, 15) is 9.59 Å². The van der Waals surface area contributed by atoms with Crippen LogP contribution in [0.1, 0.15) is 23.7 Å². The van der Waals surface area contributed by atoms with Crippen LogP contribution in [0.4, 0.5) is 11.4 Å². The summed E-state index contributed by atoms with van der Waals surface area (Å²) in [6.45, 7) is 2.01. The number of amides is 1. The number of carbonyl (C=O) groups excluding carboxylic acids is 2. The lowest BCUT2D eigenvalue weighted by Gasteiger charge is -2.09. The highest BCUT2D eigenvalue weighted by Crippen LogP contribution is 2.22. The molecule has 0 aliphatic carbocycles. The zero-order valence-corrected chi connectivity index (χ0v) is 15.6. The van der Waals surface area contributed by atoms with Crippen molar-refractivity contribution >= 4 is 23.1 Å². The standard InChI is InChI=1S/C23H22N2O3/c1-17(26)18-6-5-7-20(16-18)24-15-14-23(27)25-19-10-12-22(13-11-19)28-21-8-3-2-4-9-21/h2-13,16,24H,14-15H2,1H3,(H,25,27). The third-order valence-electron chi connectivity index (χ3n) is 4.07. The Bertz CT molecular complexity index is 938. The summed E-state index contributed by atoms with van der Waals surface area (Å²) in [6.07, 6.45) is 0.312. The van der Waals surface area contributed by atoms with Gasteiger partial charge >= 0.3 is 0 Å². The van der Waals surface area contributed by atoms with Crippen molar-refractivity contribution in [3.05, 3.63) is 84.4 Å². The van der Waals surface area contributed by atoms with Gasteiger partial charge in [0, 0.05) is 29.9 Å². The van der Waals surface area contributed by atoms with Crippen molar-refractivity contribution in [2.45, 2.75) is 13.3 Å². The molecule has 2 N–H and O–H groups in total. The lowest BCUT2D eigenvalue weighted by molar-refractivity contribution is -0.115. The summed E-state index contributed by atoms with van der Waals surface area (Å²) in [5, 5.41) is 6.02. The number of anilines is 2. The van der Waals surface area contributed by atoms with E-state index in [1.165, 1.54) is 6.92 Å². The van der Waals surface area contributed by atoms with E-state index in [1.54, 1.807) is 24.3 Å². The van der Waals surface area contributed by atoms with Crippen molar-refractivity contribution in [2.75, 3.05) is 17.2 Å². The lowest BCUT2D eigenvalue weighted by atomic mass is 10.1. The van der Waals surface area contributed by atoms with E-state index < -0.39 is 0 Å². The second-order valence-corrected chi connectivity index (χ2v) is 6.30. The zero-order chi connectivity index (χ0) is 19.8. The molecule has 5 heteroatoms. The fourth-order valence-electron chi connectivity index (χ4n) is 2.62. The molecule has 3 aromatic rings. The first kappa shape index (κ1) is 19.2. The number of para-hydroxylation sites is 1. The van der Waals surface area contributed by atoms with Crippen LogP contribution in [0.15, 0.2) is 78.9 Å². The van der Waals surface area contributed by atoms with Gasteiger partial charge in [0.15, 0.2) is 5.78 Å². The van der Waals surface area contributed by atoms with Gasteiger partial charge in [0.1, 0.15) is 11.5 Å². The summed E-state index contributed by atoms with van der Waals surface area (Å²) < 4.78 is 5.73. The van der Waals surface area contributed by atoms with Crippen LogP contribution in [0.3, 0.4) is 0 Å². The Morgan fingerprint density at radius 1 is 0.821 bits per heavy atom. The Hall–Kier alpha value is -3.60. The Morgan fingerprint density at radius 2 is 1.54 bits per heavy atom. The molecule has 5 nitrogen and oxygen atoms in total. The average molecular weight is 374 g/mol. The van der Waals surface area contributed by atoms with Crippen LogP contribution in [-0.4, -0.2) is 18.2 Å². The van der Waals surface area contributed by atoms with Crippen LogP contribution in [0.25, 0.3) is 0 Å². The maximum absolute atomic E-state index is 12.1. The normalized spacial score (nSPS) is 10.2. The molecule has 0 saturated heterocycles. The van der Waals surface area contributed by atoms with E-state index in [4.69, 9.17) is 4.74 Å². The maximum atomic E-state index is 12.1. The lowest BCUT2D eigenvalue weighted by Crippen LogP contribution is -2.16. The van der Waals surface area contributed by atoms with Gasteiger partial charge < -0.3 is 15.4 Å². The highest BCUT2D eigenvalue weighted by Gasteiger charge is 2.04. The SMILES string of the molecule is CC(=O)c1cccc(NCCC(=O)Nc2ccc(Oc3ccccc3)cc2)c1. The molecule has 28 heavy (non-hydrogen) atoms. The minimum Gasteiger partial charge on any atom is -0.457 e. The Kier molecular flexibility index (Phi) is 6.41. The van der Waals surface area contributed by atoms with E-state index >= 15 is 0 Å². The van der Waals surface area contributed by atoms with Gasteiger partial charge in [0.05, 0.1) is 0 Å². The monoisotopic (exact) mass is 374 g/mol. The third-order valence-corrected chi connectivity index (χ3v) is 4.07. The number of carbonyl (C=O) groups is 2. The van der Waals surface area contributed by atoms with Gasteiger partial charge in [-0.25, -0.2) is 0 Å². The number of nitrogens with one attached hydrogen (secondary N) is 2. The molecule has 0 aliphatic heterocycles. The molecule has 0 saturated carbocycles. The van der Waals surface area contributed by atoms with Crippen LogP contribution in [-0.2, 0) is 4.79 Å². The number of benzene rings is 3. The van der Waals surface area contributed by atoms with Crippen LogP contribution < -0.4 is 15.4 Å². The van der Waals surface area contributed by atoms with Gasteiger partial charge in [0.25, 0.3) is 0 Å². The van der Waals surface area contributed by atoms with Gasteiger partial charge in [-0.15, -0.1) is 0 Å². The van der Waals surface area contributed by atoms with Gasteiger partial charge in [-0.2, -0.15) is 0 Å². The Labute approximate surface area is 164 Å². The highest BCUT2D eigenvalue weighted by atomic mass is 16.5. The van der Waals surface area contributed by atoms with Crippen LogP contribution >= 0.6 is 0 Å². The van der Waals surface area contributed by atoms with Crippen LogP contribution in [0, 0.1) is 0 Å². The van der Waals surface area contributed by atoms with Crippen molar-refractivity contribution in [1.29, 1.82) is 0 Å². The Balaban J connectivity index is 1.46. The molecular weight excluding hydrogens is 352 g/mol. The highest BCUT2D eigenvalue weighted by molar-refractivity contribution is 5.95. The summed E-state index contributed by atoms with van der Waals surface area (Å²) >= 11 is 0. The summed E-state index contributed by atoms with van der Waals surface area (Å²) in [5.41, 5.74) is 2.18. The van der Waals surface area contributed by atoms with Crippen LogP contribution in [0.2, 0.25) is 0 Å². The van der Waals surface area contributed by atoms with Gasteiger partial charge in [0.2, 0.25) is 5.91 Å². The number of hydrogen-bond donors (Lipinski definition) is 2. The third kappa shape index (κ3) is 5.71. The second-order valence-electron chi connectivity index (χ2n) is 6.30. The fourth-order valence-corrected chi connectivity index (χ4v) is 2.62. The largest absolute Gasteiger partial charge is 0.457 e. The predicted molar refractivity (Wildman–Crippen MR) is 111 cm³/mol. The topological polar surface area (TPSA) is 67.4 Å². The zero-order valence-electron chi connectivity index (χ0n) is 15.6. The average Bonchev–Trinajstić information content (AvgIpc) is 2.70. The minimum atomic E-state index is -0.0908. The summed E-state index contributed by atoms with van der Waals surface area (Å²) in [7, 11) is 0. The maximum Gasteiger partial charge on any atom is 0.226 e. The molecular formula is C23H22N2O3. The van der Waals surface area contributed by atoms with Crippen molar-refractivity contribution in [3.8, 4) is 11.5 Å². The number of hydrogen-bond acceptors (Lipinski definition) is 4. The van der Waals surface area contributed by atoms with Crippen LogP contribution in [0.5, 0.6) is 11.5 Å². The molecule has 0 aliphatic rings. The first-order chi connectivity index (χ1) is 13.6. The summed E-state index contributed by atoms with van der Waals surface area (Å²) in [5.74, 6) is 1.39. The van der Waals surface area contributed by atoms with Gasteiger partial charge in [-0.1, -0.05) is 30.3 Å². The van der Waals surface area contributed by atoms with E-state index in [0.717, 1.165) is 11.4 Å². The molecule has 0 aromatic heterocycles. The van der Waals surface area contributed by atoms with Crippen molar-refractivity contribution in [3.63, 3.8) is 0 Å². The Morgan fingerprint density at radius 3 is 2.25 bits per heavy atom. The van der Waals surface area contributed by atoms with Crippen molar-refractivity contribution in [1.82, 2.24) is 0 Å². The first-order valence-corrected chi connectivity index (χ1v) is 9.08. The molecule has 0 fully saturated rings. The number of ether oxygens (including phenoxy) is 1. The van der Waals surface area contributed by atoms with E-state index in [0.29, 0.717) is 30.0 Å². The minimum absolute atomic E-state index is 0.0149. The fraction of sp³-hybridized carbons (Fsp3) is 0.130. The molecule has 0 unspecified atom stereocenters. The number of rotatable bonds is 8. The van der Waals surface area contributed by atoms with E-state index in [-0.39, 0.29) is 11.7 Å². The van der Waals surface area contributed by atoms with Crippen molar-refractivity contribution < 1.29 is 14.3 Å². The molecule has 0 spiro atoms. The second kappa shape index (κ2) is 9.37. The number of ketones is 1. The summed E-state index contributed by atoms with van der Waals surface area (Å²) in [6, 6.07) is 24.0. The molecule has 0 heterocycles. The molecule has 3 rings (SSSR count). The van der Waals surface area contributed by atoms with Gasteiger partial charge in [-0.05, 0) is 55.5 Å². The quantitative estimate of drug-likeness (QED) is 0.537. The molecule has 0 bridgehead atoms. The molecule has 0 radical (unpaired) electrons. The molecule has 142 valence electrons. The smallest absolute Gasteiger partial charge is 0.226 e. The number of Topliss-reactive ketones (excluding diaryl/α,β-unsaturated/α-hetero) is 1. The van der Waals surface area contributed by atoms with E-state index in [2.05, 4.69) is 10.6 Å². The molecule has 0 atom stereocenters. The van der Waals surface area contributed by atoms with Gasteiger partial charge in [-0.3, -0.25) is 9.59 Å². The van der Waals surface area contributed by atoms with Crippen molar-refractivity contribution in [2.24, 2.45) is 0 Å².